The van der Waals surface area contributed by atoms with Gasteiger partial charge in [-0.2, -0.15) is 15.1 Å². The van der Waals surface area contributed by atoms with Crippen LogP contribution in [0.2, 0.25) is 0 Å². The summed E-state index contributed by atoms with van der Waals surface area (Å²) >= 11 is 1.14. The summed E-state index contributed by atoms with van der Waals surface area (Å²) in [5, 5.41) is 15.1. The SMILES string of the molecule is CCOc1cc(C=C2C(=N)N3N=C(CC(=O)N4CCOCC4)SC3=NC2=O)ccc1OCc1ccccc1. The Kier molecular flexibility index (Phi) is 7.85. The summed E-state index contributed by atoms with van der Waals surface area (Å²) in [6.45, 7) is 4.84. The van der Waals surface area contributed by atoms with Crippen LogP contribution in [-0.2, 0) is 20.9 Å². The molecule has 2 amide bonds. The molecule has 3 aliphatic heterocycles. The van der Waals surface area contributed by atoms with E-state index < -0.39 is 5.91 Å². The van der Waals surface area contributed by atoms with Crippen LogP contribution >= 0.6 is 11.8 Å². The van der Waals surface area contributed by atoms with Gasteiger partial charge in [-0.25, -0.2) is 0 Å². The average Bonchev–Trinajstić information content (AvgIpc) is 3.34. The van der Waals surface area contributed by atoms with Crippen LogP contribution in [0.3, 0.4) is 0 Å². The fourth-order valence-corrected chi connectivity index (χ4v) is 4.94. The Labute approximate surface area is 224 Å². The summed E-state index contributed by atoms with van der Waals surface area (Å²) in [4.78, 5) is 31.3. The number of aliphatic imine (C=N–C) groups is 1. The first-order valence-electron chi connectivity index (χ1n) is 12.3. The highest BCUT2D eigenvalue weighted by Gasteiger charge is 2.36. The first-order valence-corrected chi connectivity index (χ1v) is 13.1. The van der Waals surface area contributed by atoms with Gasteiger partial charge < -0.3 is 19.1 Å². The lowest BCUT2D eigenvalue weighted by atomic mass is 10.1. The number of carbonyl (C=O) groups is 2. The van der Waals surface area contributed by atoms with Gasteiger partial charge in [0, 0.05) is 13.1 Å². The van der Waals surface area contributed by atoms with Crippen LogP contribution in [-0.4, -0.2) is 70.7 Å². The highest BCUT2D eigenvalue weighted by molar-refractivity contribution is 8.27. The molecule has 0 atom stereocenters. The summed E-state index contributed by atoms with van der Waals surface area (Å²) < 4.78 is 17.0. The first-order chi connectivity index (χ1) is 18.5. The molecule has 0 radical (unpaired) electrons. The van der Waals surface area contributed by atoms with Gasteiger partial charge in [0.25, 0.3) is 5.91 Å². The summed E-state index contributed by atoms with van der Waals surface area (Å²) in [6.07, 6.45) is 1.67. The van der Waals surface area contributed by atoms with Crippen molar-refractivity contribution in [2.75, 3.05) is 32.9 Å². The maximum Gasteiger partial charge on any atom is 0.283 e. The number of morpholine rings is 1. The summed E-state index contributed by atoms with van der Waals surface area (Å²) in [6, 6.07) is 15.2. The van der Waals surface area contributed by atoms with E-state index in [0.717, 1.165) is 17.3 Å². The number of hydrazone groups is 1. The Morgan fingerprint density at radius 3 is 2.68 bits per heavy atom. The van der Waals surface area contributed by atoms with Gasteiger partial charge >= 0.3 is 0 Å². The predicted molar refractivity (Wildman–Crippen MR) is 145 cm³/mol. The van der Waals surface area contributed by atoms with Crippen LogP contribution < -0.4 is 9.47 Å². The molecule has 196 valence electrons. The maximum atomic E-state index is 12.8. The lowest BCUT2D eigenvalue weighted by molar-refractivity contribution is -0.133. The fourth-order valence-electron chi connectivity index (χ4n) is 4.06. The Morgan fingerprint density at radius 1 is 1.13 bits per heavy atom. The Balaban J connectivity index is 1.31. The lowest BCUT2D eigenvalue weighted by Gasteiger charge is -2.26. The number of benzene rings is 2. The van der Waals surface area contributed by atoms with E-state index in [1.54, 1.807) is 29.2 Å². The molecule has 11 heteroatoms. The van der Waals surface area contributed by atoms with Crippen molar-refractivity contribution in [2.24, 2.45) is 10.1 Å². The van der Waals surface area contributed by atoms with Crippen LogP contribution in [0.15, 0.2) is 64.2 Å². The van der Waals surface area contributed by atoms with Gasteiger partial charge in [-0.05, 0) is 48.0 Å². The van der Waals surface area contributed by atoms with Gasteiger partial charge in [-0.15, -0.1) is 0 Å². The Bertz CT molecular complexity index is 1330. The molecule has 0 unspecified atom stereocenters. The molecule has 0 saturated carbocycles. The normalized spacial score (nSPS) is 18.3. The molecule has 1 saturated heterocycles. The molecule has 3 heterocycles. The highest BCUT2D eigenvalue weighted by atomic mass is 32.2. The summed E-state index contributed by atoms with van der Waals surface area (Å²) in [5.74, 6) is 0.427. The van der Waals surface area contributed by atoms with Crippen molar-refractivity contribution < 1.29 is 23.8 Å². The number of carbonyl (C=O) groups excluding carboxylic acids is 2. The maximum absolute atomic E-state index is 12.8. The molecule has 0 aliphatic carbocycles. The molecule has 3 aliphatic rings. The molecule has 2 aromatic rings. The van der Waals surface area contributed by atoms with E-state index in [1.165, 1.54) is 5.01 Å². The number of amides is 2. The van der Waals surface area contributed by atoms with Crippen LogP contribution in [0.25, 0.3) is 6.08 Å². The van der Waals surface area contributed by atoms with E-state index in [1.807, 2.05) is 37.3 Å². The monoisotopic (exact) mass is 533 g/mol. The van der Waals surface area contributed by atoms with E-state index >= 15 is 0 Å². The number of hydrogen-bond donors (Lipinski definition) is 1. The minimum atomic E-state index is -0.535. The third-order valence-electron chi connectivity index (χ3n) is 5.98. The smallest absolute Gasteiger partial charge is 0.283 e. The van der Waals surface area contributed by atoms with E-state index in [2.05, 4.69) is 10.1 Å². The fraction of sp³-hybridized carbons (Fsp3) is 0.296. The van der Waals surface area contributed by atoms with Gasteiger partial charge in [0.15, 0.2) is 17.3 Å². The van der Waals surface area contributed by atoms with Crippen molar-refractivity contribution >= 4 is 45.7 Å². The second-order valence-corrected chi connectivity index (χ2v) is 9.64. The number of hydrogen-bond acceptors (Lipinski definition) is 8. The zero-order valence-corrected chi connectivity index (χ0v) is 21.7. The van der Waals surface area contributed by atoms with Crippen LogP contribution in [0, 0.1) is 5.41 Å². The molecule has 1 N–H and O–H groups in total. The summed E-state index contributed by atoms with van der Waals surface area (Å²) in [5.41, 5.74) is 1.79. The molecule has 0 spiro atoms. The molecule has 2 aromatic carbocycles. The van der Waals surface area contributed by atoms with Crippen molar-refractivity contribution in [1.29, 1.82) is 5.41 Å². The molecule has 10 nitrogen and oxygen atoms in total. The molecule has 1 fully saturated rings. The van der Waals surface area contributed by atoms with Crippen molar-refractivity contribution in [3.05, 3.63) is 65.2 Å². The third-order valence-corrected chi connectivity index (χ3v) is 6.89. The van der Waals surface area contributed by atoms with Gasteiger partial charge in [0.1, 0.15) is 11.7 Å². The molecule has 5 rings (SSSR count). The first kappa shape index (κ1) is 25.7. The minimum Gasteiger partial charge on any atom is -0.490 e. The second-order valence-electron chi connectivity index (χ2n) is 8.60. The number of thioether (sulfide) groups is 1. The Morgan fingerprint density at radius 2 is 1.92 bits per heavy atom. The summed E-state index contributed by atoms with van der Waals surface area (Å²) in [7, 11) is 0. The van der Waals surface area contributed by atoms with Gasteiger partial charge in [0.2, 0.25) is 11.1 Å². The minimum absolute atomic E-state index is 0.0633. The number of amidine groups is 2. The van der Waals surface area contributed by atoms with Crippen LogP contribution in [0.1, 0.15) is 24.5 Å². The average molecular weight is 534 g/mol. The van der Waals surface area contributed by atoms with E-state index in [9.17, 15) is 9.59 Å². The number of fused-ring (bicyclic) bond motifs is 1. The van der Waals surface area contributed by atoms with E-state index in [-0.39, 0.29) is 28.9 Å². The molecular formula is C27H27N5O5S. The number of ether oxygens (including phenoxy) is 3. The molecule has 0 bridgehead atoms. The van der Waals surface area contributed by atoms with Crippen molar-refractivity contribution in [2.45, 2.75) is 20.0 Å². The molecule has 38 heavy (non-hydrogen) atoms. The Hall–Kier alpha value is -3.96. The molecule has 0 aromatic heterocycles. The van der Waals surface area contributed by atoms with Crippen LogP contribution in [0.4, 0.5) is 0 Å². The zero-order valence-electron chi connectivity index (χ0n) is 20.9. The van der Waals surface area contributed by atoms with Crippen molar-refractivity contribution in [1.82, 2.24) is 9.91 Å². The van der Waals surface area contributed by atoms with Gasteiger partial charge in [0.05, 0.1) is 31.8 Å². The van der Waals surface area contributed by atoms with Crippen molar-refractivity contribution in [3.63, 3.8) is 0 Å². The highest BCUT2D eigenvalue weighted by Crippen LogP contribution is 2.33. The predicted octanol–water partition coefficient (Wildman–Crippen LogP) is 3.53. The van der Waals surface area contributed by atoms with Gasteiger partial charge in [-0.3, -0.25) is 15.0 Å². The molecular weight excluding hydrogens is 506 g/mol. The lowest BCUT2D eigenvalue weighted by Crippen LogP contribution is -2.41. The second kappa shape index (κ2) is 11.6. The number of rotatable bonds is 8. The number of nitrogens with one attached hydrogen (secondary N) is 1. The third kappa shape index (κ3) is 5.79. The van der Waals surface area contributed by atoms with E-state index in [0.29, 0.717) is 61.6 Å². The number of nitrogens with zero attached hydrogens (tertiary/aromatic N) is 4. The zero-order chi connectivity index (χ0) is 26.5. The van der Waals surface area contributed by atoms with Gasteiger partial charge in [-0.1, -0.05) is 36.4 Å². The largest absolute Gasteiger partial charge is 0.490 e. The van der Waals surface area contributed by atoms with Crippen LogP contribution in [0.5, 0.6) is 11.5 Å². The van der Waals surface area contributed by atoms with Crippen molar-refractivity contribution in [3.8, 4) is 11.5 Å². The topological polar surface area (TPSA) is 117 Å². The van der Waals surface area contributed by atoms with E-state index in [4.69, 9.17) is 19.6 Å². The quantitative estimate of drug-likeness (QED) is 0.516. The standard InChI is InChI=1S/C27H27N5O5S/c1-2-36-22-15-19(8-9-21(22)37-17-18-6-4-3-5-7-18)14-20-25(28)32-27(29-26(20)34)38-23(30-32)16-24(33)31-10-12-35-13-11-31/h3-9,14-15,28H,2,10-13,16-17H2,1H3.